The molecule has 3 aliphatic rings. The lowest BCUT2D eigenvalue weighted by molar-refractivity contribution is -0.0221. The molecule has 0 amide bonds. The molecule has 1 aliphatic carbocycles. The van der Waals surface area contributed by atoms with E-state index in [-0.39, 0.29) is 25.9 Å². The number of hydrogen-bond acceptors (Lipinski definition) is 6. The third kappa shape index (κ3) is 5.18. The molecule has 6 rings (SSSR count). The number of benzene rings is 1. The van der Waals surface area contributed by atoms with Crippen molar-refractivity contribution in [3.05, 3.63) is 42.9 Å². The summed E-state index contributed by atoms with van der Waals surface area (Å²) in [5.74, 6) is -1.44. The quantitative estimate of drug-likeness (QED) is 0.503. The van der Waals surface area contributed by atoms with Gasteiger partial charge in [0.05, 0.1) is 23.1 Å². The van der Waals surface area contributed by atoms with Crippen LogP contribution in [0.1, 0.15) is 38.5 Å². The van der Waals surface area contributed by atoms with Gasteiger partial charge < -0.3 is 14.5 Å². The summed E-state index contributed by atoms with van der Waals surface area (Å²) in [5, 5.41) is 4.63. The average molecular weight is 528 g/mol. The Morgan fingerprint density at radius 3 is 2.38 bits per heavy atom. The van der Waals surface area contributed by atoms with Crippen molar-refractivity contribution in [1.82, 2.24) is 19.7 Å². The van der Waals surface area contributed by atoms with Crippen molar-refractivity contribution in [3.63, 3.8) is 0 Å². The van der Waals surface area contributed by atoms with Crippen LogP contribution in [-0.2, 0) is 11.0 Å². The molecule has 1 atom stereocenters. The van der Waals surface area contributed by atoms with E-state index in [1.165, 1.54) is 25.7 Å². The maximum absolute atomic E-state index is 13.6. The van der Waals surface area contributed by atoms with Crippen LogP contribution in [0.25, 0.3) is 17.1 Å². The first-order valence-electron chi connectivity index (χ1n) is 12.8. The molecule has 3 aromatic rings. The van der Waals surface area contributed by atoms with Gasteiger partial charge >= 0.3 is 0 Å². The molecule has 1 N–H and O–H groups in total. The molecule has 1 aromatic carbocycles. The minimum absolute atomic E-state index is 0.166. The number of rotatable bonds is 6. The first-order valence-corrected chi connectivity index (χ1v) is 14.4. The van der Waals surface area contributed by atoms with Crippen LogP contribution in [0.4, 0.5) is 26.0 Å². The number of piperidine rings is 2. The van der Waals surface area contributed by atoms with Crippen LogP contribution in [0.15, 0.2) is 42.9 Å². The highest BCUT2D eigenvalue weighted by atomic mass is 32.2. The van der Waals surface area contributed by atoms with Crippen LogP contribution in [0.3, 0.4) is 0 Å². The Labute approximate surface area is 217 Å². The zero-order valence-corrected chi connectivity index (χ0v) is 21.7. The van der Waals surface area contributed by atoms with Gasteiger partial charge in [-0.2, -0.15) is 5.10 Å². The molecule has 0 bridgehead atoms. The lowest BCUT2D eigenvalue weighted by Gasteiger charge is -2.35. The highest BCUT2D eigenvalue weighted by molar-refractivity contribution is 7.85. The van der Waals surface area contributed by atoms with E-state index >= 15 is 0 Å². The summed E-state index contributed by atoms with van der Waals surface area (Å²) < 4.78 is 43.8. The van der Waals surface area contributed by atoms with Crippen LogP contribution in [0, 0.1) is 5.41 Å². The van der Waals surface area contributed by atoms with Gasteiger partial charge in [-0.15, -0.1) is 0 Å². The predicted molar refractivity (Wildman–Crippen MR) is 142 cm³/mol. The Morgan fingerprint density at radius 1 is 0.946 bits per heavy atom. The highest BCUT2D eigenvalue weighted by Gasteiger charge is 2.44. The van der Waals surface area contributed by atoms with Crippen LogP contribution in [0.2, 0.25) is 0 Å². The molecular weight excluding hydrogens is 496 g/mol. The van der Waals surface area contributed by atoms with E-state index in [2.05, 4.69) is 24.7 Å². The van der Waals surface area contributed by atoms with E-state index in [9.17, 15) is 13.0 Å². The number of hydrogen-bond donors (Lipinski definition) is 1. The van der Waals surface area contributed by atoms with Crippen molar-refractivity contribution < 1.29 is 13.0 Å². The topological polar surface area (TPSA) is 79.2 Å². The summed E-state index contributed by atoms with van der Waals surface area (Å²) in [7, 11) is -1.17. The summed E-state index contributed by atoms with van der Waals surface area (Å²) in [4.78, 5) is 13.4. The second-order valence-corrected chi connectivity index (χ2v) is 11.6. The van der Waals surface area contributed by atoms with E-state index in [4.69, 9.17) is 0 Å². The minimum Gasteiger partial charge on any atom is -0.370 e. The molecule has 1 unspecified atom stereocenters. The molecule has 0 radical (unpaired) electrons. The van der Waals surface area contributed by atoms with E-state index in [0.29, 0.717) is 17.1 Å². The predicted octanol–water partition coefficient (Wildman–Crippen LogP) is 4.65. The first-order chi connectivity index (χ1) is 17.8. The van der Waals surface area contributed by atoms with Gasteiger partial charge in [-0.3, -0.25) is 0 Å². The van der Waals surface area contributed by atoms with Crippen molar-refractivity contribution in [2.24, 2.45) is 5.41 Å². The Kier molecular flexibility index (Phi) is 6.13. The minimum atomic E-state index is -2.60. The number of alkyl halides is 2. The van der Waals surface area contributed by atoms with Gasteiger partial charge in [0.1, 0.15) is 16.8 Å². The maximum atomic E-state index is 13.6. The van der Waals surface area contributed by atoms with Crippen LogP contribution in [-0.4, -0.2) is 62.3 Å². The number of nitrogens with one attached hydrogen (secondary N) is 1. The molecule has 11 heteroatoms. The summed E-state index contributed by atoms with van der Waals surface area (Å²) in [5.41, 5.74) is 4.09. The standard InChI is InChI=1S/C26H31F2N7OS/c1-37(36)32-20-2-3-21(22(16-20)33-12-7-25(5-6-25)8-13-33)35-18-19(17-30-35)24-29-11-4-23(31-24)34-14-9-26(27,28)10-15-34/h2-4,11,16-18,32H,5-10,12-15H2,1H3. The number of aromatic nitrogens is 4. The van der Waals surface area contributed by atoms with Crippen molar-refractivity contribution in [2.45, 2.75) is 44.4 Å². The van der Waals surface area contributed by atoms with E-state index in [1.807, 2.05) is 34.0 Å². The van der Waals surface area contributed by atoms with Crippen LogP contribution in [0.5, 0.6) is 0 Å². The lowest BCUT2D eigenvalue weighted by atomic mass is 9.93. The molecular formula is C26H31F2N7OS. The second kappa shape index (κ2) is 9.34. The molecule has 2 saturated heterocycles. The zero-order chi connectivity index (χ0) is 25.6. The van der Waals surface area contributed by atoms with Gasteiger partial charge in [0, 0.05) is 63.4 Å². The Bertz CT molecular complexity index is 1310. The van der Waals surface area contributed by atoms with Crippen molar-refractivity contribution in [3.8, 4) is 17.1 Å². The summed E-state index contributed by atoms with van der Waals surface area (Å²) in [6.45, 7) is 2.51. The van der Waals surface area contributed by atoms with Gasteiger partial charge in [-0.05, 0) is 55.4 Å². The van der Waals surface area contributed by atoms with E-state index < -0.39 is 16.9 Å². The highest BCUT2D eigenvalue weighted by Crippen LogP contribution is 2.54. The molecule has 196 valence electrons. The van der Waals surface area contributed by atoms with Crippen molar-refractivity contribution in [2.75, 3.05) is 47.0 Å². The molecule has 8 nitrogen and oxygen atoms in total. The molecule has 3 fully saturated rings. The first kappa shape index (κ1) is 24.3. The fraction of sp³-hybridized carbons (Fsp3) is 0.500. The Balaban J connectivity index is 1.27. The summed E-state index contributed by atoms with van der Waals surface area (Å²) in [6.07, 6.45) is 11.7. The van der Waals surface area contributed by atoms with Gasteiger partial charge in [-0.1, -0.05) is 0 Å². The van der Waals surface area contributed by atoms with Gasteiger partial charge in [-0.25, -0.2) is 27.6 Å². The smallest absolute Gasteiger partial charge is 0.251 e. The maximum Gasteiger partial charge on any atom is 0.251 e. The fourth-order valence-corrected chi connectivity index (χ4v) is 5.85. The second-order valence-electron chi connectivity index (χ2n) is 10.5. The molecule has 2 aliphatic heterocycles. The van der Waals surface area contributed by atoms with Gasteiger partial charge in [0.2, 0.25) is 0 Å². The zero-order valence-electron chi connectivity index (χ0n) is 20.9. The molecule has 1 saturated carbocycles. The van der Waals surface area contributed by atoms with Crippen LogP contribution >= 0.6 is 0 Å². The van der Waals surface area contributed by atoms with Crippen molar-refractivity contribution >= 4 is 28.2 Å². The Hall–Kier alpha value is -3.08. The number of anilines is 3. The third-order valence-electron chi connectivity index (χ3n) is 7.91. The molecule has 1 spiro atoms. The number of halogens is 2. The van der Waals surface area contributed by atoms with Crippen LogP contribution < -0.4 is 14.5 Å². The Morgan fingerprint density at radius 2 is 1.68 bits per heavy atom. The monoisotopic (exact) mass is 527 g/mol. The van der Waals surface area contributed by atoms with Gasteiger partial charge in [0.15, 0.2) is 5.82 Å². The van der Waals surface area contributed by atoms with Crippen molar-refractivity contribution in [1.29, 1.82) is 0 Å². The van der Waals surface area contributed by atoms with E-state index in [0.717, 1.165) is 35.7 Å². The number of nitrogens with zero attached hydrogens (tertiary/aromatic N) is 6. The lowest BCUT2D eigenvalue weighted by Crippen LogP contribution is -2.39. The molecule has 4 heterocycles. The molecule has 2 aromatic heterocycles. The van der Waals surface area contributed by atoms with E-state index in [1.54, 1.807) is 24.7 Å². The third-order valence-corrected chi connectivity index (χ3v) is 8.43. The molecule has 37 heavy (non-hydrogen) atoms. The fourth-order valence-electron chi connectivity index (χ4n) is 5.40. The largest absolute Gasteiger partial charge is 0.370 e. The summed E-state index contributed by atoms with van der Waals surface area (Å²) >= 11 is 0. The SMILES string of the molecule is CS(=O)Nc1ccc(-n2cc(-c3nccc(N4CCC(F)(F)CC4)n3)cn2)c(N2CCC3(CC2)CC3)c1. The average Bonchev–Trinajstić information content (AvgIpc) is 3.44. The van der Waals surface area contributed by atoms with Gasteiger partial charge in [0.25, 0.3) is 5.92 Å². The normalized spacial score (nSPS) is 21.2. The summed E-state index contributed by atoms with van der Waals surface area (Å²) in [6, 6.07) is 7.72.